The SMILES string of the molecule is O=c1[nH]c(-c2ncccc2OC(F)(F)F)nc(C(F)(F)F)c1Oc1ccc(Cl)c(Cl)c1. The summed E-state index contributed by atoms with van der Waals surface area (Å²) in [7, 11) is 0. The van der Waals surface area contributed by atoms with E-state index in [2.05, 4.69) is 14.7 Å². The lowest BCUT2D eigenvalue weighted by Gasteiger charge is -2.15. The van der Waals surface area contributed by atoms with Crippen LogP contribution in [0.5, 0.6) is 17.2 Å². The zero-order chi connectivity index (χ0) is 23.0. The minimum atomic E-state index is -5.21. The highest BCUT2D eigenvalue weighted by Crippen LogP contribution is 2.38. The topological polar surface area (TPSA) is 77.1 Å². The number of alkyl halides is 6. The Labute approximate surface area is 178 Å². The normalized spacial score (nSPS) is 12.0. The first-order valence-electron chi connectivity index (χ1n) is 7.90. The van der Waals surface area contributed by atoms with Gasteiger partial charge in [-0.25, -0.2) is 9.97 Å². The number of ether oxygens (including phenoxy) is 2. The fourth-order valence-electron chi connectivity index (χ4n) is 2.29. The van der Waals surface area contributed by atoms with Crippen LogP contribution in [0.1, 0.15) is 5.69 Å². The van der Waals surface area contributed by atoms with Gasteiger partial charge in [0.15, 0.2) is 17.3 Å². The number of aromatic amines is 1. The summed E-state index contributed by atoms with van der Waals surface area (Å²) in [5.41, 5.74) is -4.02. The zero-order valence-electron chi connectivity index (χ0n) is 14.6. The van der Waals surface area contributed by atoms with Gasteiger partial charge in [-0.05, 0) is 24.3 Å². The third-order valence-electron chi connectivity index (χ3n) is 3.48. The molecule has 0 aliphatic heterocycles. The molecule has 0 saturated heterocycles. The number of pyridine rings is 1. The summed E-state index contributed by atoms with van der Waals surface area (Å²) >= 11 is 11.5. The Morgan fingerprint density at radius 1 is 1.00 bits per heavy atom. The lowest BCUT2D eigenvalue weighted by atomic mass is 10.2. The highest BCUT2D eigenvalue weighted by Gasteiger charge is 2.40. The molecule has 6 nitrogen and oxygen atoms in total. The first kappa shape index (κ1) is 22.7. The largest absolute Gasteiger partial charge is 0.573 e. The summed E-state index contributed by atoms with van der Waals surface area (Å²) in [4.78, 5) is 21.0. The summed E-state index contributed by atoms with van der Waals surface area (Å²) in [6.07, 6.45) is -9.40. The van der Waals surface area contributed by atoms with Gasteiger partial charge in [0.05, 0.1) is 10.0 Å². The molecule has 2 aromatic heterocycles. The molecule has 0 spiro atoms. The van der Waals surface area contributed by atoms with Crippen molar-refractivity contribution in [3.05, 3.63) is 62.6 Å². The molecule has 1 aromatic carbocycles. The highest BCUT2D eigenvalue weighted by molar-refractivity contribution is 6.42. The second-order valence-electron chi connectivity index (χ2n) is 5.67. The van der Waals surface area contributed by atoms with E-state index >= 15 is 0 Å². The molecule has 0 atom stereocenters. The number of aromatic nitrogens is 3. The van der Waals surface area contributed by atoms with Crippen LogP contribution in [0.25, 0.3) is 11.5 Å². The summed E-state index contributed by atoms with van der Waals surface area (Å²) in [5, 5.41) is 0.0240. The molecule has 31 heavy (non-hydrogen) atoms. The second kappa shape index (κ2) is 8.27. The number of benzene rings is 1. The van der Waals surface area contributed by atoms with Gasteiger partial charge >= 0.3 is 12.5 Å². The van der Waals surface area contributed by atoms with Crippen molar-refractivity contribution in [1.82, 2.24) is 15.0 Å². The standard InChI is InChI=1S/C17H7Cl2F6N3O3/c18-8-4-3-7(6-9(8)19)30-12-13(16(20,21)22)27-14(28-15(12)29)11-10(2-1-5-26-11)31-17(23,24)25/h1-6H,(H,27,28,29). The molecule has 3 aromatic rings. The van der Waals surface area contributed by atoms with E-state index in [1.54, 1.807) is 0 Å². The van der Waals surface area contributed by atoms with Crippen LogP contribution >= 0.6 is 23.2 Å². The van der Waals surface area contributed by atoms with Gasteiger partial charge in [-0.3, -0.25) is 4.79 Å². The number of H-pyrrole nitrogens is 1. The maximum Gasteiger partial charge on any atom is 0.573 e. The summed E-state index contributed by atoms with van der Waals surface area (Å²) in [5.74, 6) is -3.41. The predicted molar refractivity (Wildman–Crippen MR) is 96.3 cm³/mol. The van der Waals surface area contributed by atoms with Gasteiger partial charge in [-0.1, -0.05) is 23.2 Å². The van der Waals surface area contributed by atoms with E-state index in [-0.39, 0.29) is 15.8 Å². The van der Waals surface area contributed by atoms with Crippen molar-refractivity contribution < 1.29 is 35.8 Å². The van der Waals surface area contributed by atoms with E-state index in [0.29, 0.717) is 0 Å². The molecule has 0 bridgehead atoms. The van der Waals surface area contributed by atoms with Crippen LogP contribution in [0.4, 0.5) is 26.3 Å². The van der Waals surface area contributed by atoms with Crippen LogP contribution in [0.2, 0.25) is 10.0 Å². The second-order valence-corrected chi connectivity index (χ2v) is 6.48. The van der Waals surface area contributed by atoms with E-state index in [9.17, 15) is 31.1 Å². The number of nitrogens with one attached hydrogen (secondary N) is 1. The number of rotatable bonds is 4. The average molecular weight is 486 g/mol. The Kier molecular flexibility index (Phi) is 6.05. The maximum atomic E-state index is 13.6. The van der Waals surface area contributed by atoms with Crippen LogP contribution in [0, 0.1) is 0 Å². The summed E-state index contributed by atoms with van der Waals surface area (Å²) in [6.45, 7) is 0. The number of nitrogens with zero attached hydrogens (tertiary/aromatic N) is 2. The van der Waals surface area contributed by atoms with Crippen molar-refractivity contribution >= 4 is 23.2 Å². The van der Waals surface area contributed by atoms with Crippen molar-refractivity contribution in [2.24, 2.45) is 0 Å². The maximum absolute atomic E-state index is 13.6. The summed E-state index contributed by atoms with van der Waals surface area (Å²) < 4.78 is 87.2. The van der Waals surface area contributed by atoms with Crippen LogP contribution in [-0.2, 0) is 6.18 Å². The number of hydrogen-bond acceptors (Lipinski definition) is 5. The van der Waals surface area contributed by atoms with Gasteiger partial charge in [-0.2, -0.15) is 13.2 Å². The molecule has 0 unspecified atom stereocenters. The van der Waals surface area contributed by atoms with Gasteiger partial charge in [0.25, 0.3) is 5.56 Å². The highest BCUT2D eigenvalue weighted by atomic mass is 35.5. The predicted octanol–water partition coefficient (Wildman–Crippen LogP) is 5.85. The molecular formula is C17H7Cl2F6N3O3. The molecule has 164 valence electrons. The van der Waals surface area contributed by atoms with Crippen molar-refractivity contribution in [2.75, 3.05) is 0 Å². The monoisotopic (exact) mass is 485 g/mol. The summed E-state index contributed by atoms with van der Waals surface area (Å²) in [6, 6.07) is 5.27. The molecule has 0 aliphatic rings. The zero-order valence-corrected chi connectivity index (χ0v) is 16.1. The van der Waals surface area contributed by atoms with Crippen LogP contribution in [0.15, 0.2) is 41.3 Å². The van der Waals surface area contributed by atoms with Gasteiger partial charge in [0.1, 0.15) is 11.4 Å². The third-order valence-corrected chi connectivity index (χ3v) is 4.22. The van der Waals surface area contributed by atoms with E-state index in [1.165, 1.54) is 6.07 Å². The van der Waals surface area contributed by atoms with Crippen molar-refractivity contribution in [1.29, 1.82) is 0 Å². The molecule has 2 heterocycles. The smallest absolute Gasteiger partial charge is 0.449 e. The molecule has 14 heteroatoms. The van der Waals surface area contributed by atoms with Crippen molar-refractivity contribution in [3.8, 4) is 28.8 Å². The van der Waals surface area contributed by atoms with E-state index < -0.39 is 46.8 Å². The Hall–Kier alpha value is -2.99. The molecule has 0 amide bonds. The molecule has 0 fully saturated rings. The molecular weight excluding hydrogens is 479 g/mol. The fraction of sp³-hybridized carbons (Fsp3) is 0.118. The Balaban J connectivity index is 2.14. The quantitative estimate of drug-likeness (QED) is 0.469. The molecule has 1 N–H and O–H groups in total. The van der Waals surface area contributed by atoms with Gasteiger partial charge in [0, 0.05) is 12.3 Å². The Morgan fingerprint density at radius 3 is 2.32 bits per heavy atom. The minimum Gasteiger partial charge on any atom is -0.449 e. The van der Waals surface area contributed by atoms with Crippen molar-refractivity contribution in [2.45, 2.75) is 12.5 Å². The molecule has 0 aliphatic carbocycles. The average Bonchev–Trinajstić information content (AvgIpc) is 2.64. The van der Waals surface area contributed by atoms with Gasteiger partial charge < -0.3 is 14.5 Å². The molecule has 0 saturated carbocycles. The lowest BCUT2D eigenvalue weighted by molar-refractivity contribution is -0.274. The van der Waals surface area contributed by atoms with Gasteiger partial charge in [-0.15, -0.1) is 13.2 Å². The Morgan fingerprint density at radius 2 is 1.71 bits per heavy atom. The van der Waals surface area contributed by atoms with Crippen LogP contribution in [0.3, 0.4) is 0 Å². The lowest BCUT2D eigenvalue weighted by Crippen LogP contribution is -2.22. The number of hydrogen-bond donors (Lipinski definition) is 1. The van der Waals surface area contributed by atoms with Gasteiger partial charge in [0.2, 0.25) is 5.75 Å². The fourth-order valence-corrected chi connectivity index (χ4v) is 2.58. The first-order chi connectivity index (χ1) is 14.3. The first-order valence-corrected chi connectivity index (χ1v) is 8.66. The van der Waals surface area contributed by atoms with Crippen LogP contribution < -0.4 is 15.0 Å². The molecule has 0 radical (unpaired) electrons. The molecule has 3 rings (SSSR count). The minimum absolute atomic E-state index is 0.0591. The van der Waals surface area contributed by atoms with E-state index in [4.69, 9.17) is 27.9 Å². The Bertz CT molecular complexity index is 1180. The third kappa shape index (κ3) is 5.39. The van der Waals surface area contributed by atoms with E-state index in [0.717, 1.165) is 30.5 Å². The van der Waals surface area contributed by atoms with Crippen molar-refractivity contribution in [3.63, 3.8) is 0 Å². The van der Waals surface area contributed by atoms with E-state index in [1.807, 2.05) is 4.98 Å². The van der Waals surface area contributed by atoms with Crippen LogP contribution in [-0.4, -0.2) is 21.3 Å². The number of halogens is 8.